The Balaban J connectivity index is 2.10. The predicted molar refractivity (Wildman–Crippen MR) is 54.2 cm³/mol. The van der Waals surface area contributed by atoms with Gasteiger partial charge in [-0.25, -0.2) is 9.78 Å². The number of aromatic nitrogens is 1. The summed E-state index contributed by atoms with van der Waals surface area (Å²) in [5.41, 5.74) is -0.265. The van der Waals surface area contributed by atoms with Crippen molar-refractivity contribution in [2.75, 3.05) is 0 Å². The van der Waals surface area contributed by atoms with Gasteiger partial charge in [-0.05, 0) is 19.3 Å². The molecule has 1 aromatic rings. The molecule has 1 heterocycles. The first-order valence-corrected chi connectivity index (χ1v) is 5.63. The van der Waals surface area contributed by atoms with Crippen molar-refractivity contribution in [1.29, 1.82) is 0 Å². The molecule has 0 saturated heterocycles. The Hall–Kier alpha value is -1.53. The number of nitrogens with zero attached hydrogens (tertiary/aromatic N) is 1. The van der Waals surface area contributed by atoms with Gasteiger partial charge < -0.3 is 9.52 Å². The van der Waals surface area contributed by atoms with Crippen LogP contribution < -0.4 is 0 Å². The Morgan fingerprint density at radius 1 is 1.44 bits per heavy atom. The maximum absolute atomic E-state index is 12.6. The molecule has 1 N–H and O–H groups in total. The number of carbonyl (C=O) groups is 1. The average Bonchev–Trinajstić information content (AvgIpc) is 2.77. The Morgan fingerprint density at radius 2 is 2.17 bits per heavy atom. The van der Waals surface area contributed by atoms with Crippen LogP contribution in [-0.4, -0.2) is 22.2 Å². The maximum Gasteiger partial charge on any atom is 0.391 e. The molecule has 0 bridgehead atoms. The quantitative estimate of drug-likeness (QED) is 0.889. The largest absolute Gasteiger partial charge is 0.476 e. The van der Waals surface area contributed by atoms with E-state index in [1.807, 2.05) is 0 Å². The van der Waals surface area contributed by atoms with Crippen molar-refractivity contribution in [2.45, 2.75) is 37.8 Å². The van der Waals surface area contributed by atoms with Gasteiger partial charge in [0, 0.05) is 5.92 Å². The van der Waals surface area contributed by atoms with E-state index in [-0.39, 0.29) is 24.4 Å². The molecule has 1 aliphatic rings. The Kier molecular flexibility index (Phi) is 3.32. The third-order valence-corrected chi connectivity index (χ3v) is 3.23. The Bertz CT molecular complexity index is 441. The van der Waals surface area contributed by atoms with Gasteiger partial charge in [0.2, 0.25) is 0 Å². The van der Waals surface area contributed by atoms with Crippen molar-refractivity contribution in [3.05, 3.63) is 17.8 Å². The molecule has 1 fully saturated rings. The molecule has 1 aromatic heterocycles. The maximum atomic E-state index is 12.6. The highest BCUT2D eigenvalue weighted by Crippen LogP contribution is 2.43. The van der Waals surface area contributed by atoms with Crippen LogP contribution in [0.3, 0.4) is 0 Å². The third kappa shape index (κ3) is 2.65. The van der Waals surface area contributed by atoms with Crippen LogP contribution in [0.2, 0.25) is 0 Å². The average molecular weight is 263 g/mol. The summed E-state index contributed by atoms with van der Waals surface area (Å²) >= 11 is 0. The Morgan fingerprint density at radius 3 is 2.72 bits per heavy atom. The van der Waals surface area contributed by atoms with Crippen molar-refractivity contribution in [2.24, 2.45) is 5.92 Å². The highest BCUT2D eigenvalue weighted by molar-refractivity contribution is 5.84. The minimum Gasteiger partial charge on any atom is -0.476 e. The molecule has 7 heteroatoms. The zero-order valence-electron chi connectivity index (χ0n) is 9.41. The second-order valence-electron chi connectivity index (χ2n) is 4.48. The SMILES string of the molecule is O=C(O)c1coc(C2CCCC(C(F)(F)F)C2)n1. The molecule has 0 aliphatic heterocycles. The van der Waals surface area contributed by atoms with Gasteiger partial charge in [0.25, 0.3) is 0 Å². The number of oxazole rings is 1. The van der Waals surface area contributed by atoms with E-state index in [2.05, 4.69) is 4.98 Å². The number of carboxylic acid groups (broad SMARTS) is 1. The fraction of sp³-hybridized carbons (Fsp3) is 0.636. The number of hydrogen-bond donors (Lipinski definition) is 1. The number of halogens is 3. The summed E-state index contributed by atoms with van der Waals surface area (Å²) in [5.74, 6) is -2.94. The van der Waals surface area contributed by atoms with Gasteiger partial charge in [-0.15, -0.1) is 0 Å². The molecule has 0 amide bonds. The summed E-state index contributed by atoms with van der Waals surface area (Å²) in [6, 6.07) is 0. The van der Waals surface area contributed by atoms with Crippen LogP contribution in [-0.2, 0) is 0 Å². The van der Waals surface area contributed by atoms with Gasteiger partial charge in [-0.1, -0.05) is 6.42 Å². The lowest BCUT2D eigenvalue weighted by molar-refractivity contribution is -0.183. The summed E-state index contributed by atoms with van der Waals surface area (Å²) in [5, 5.41) is 8.68. The number of hydrogen-bond acceptors (Lipinski definition) is 3. The summed E-state index contributed by atoms with van der Waals surface area (Å²) in [4.78, 5) is 14.3. The minimum atomic E-state index is -4.21. The molecule has 1 aliphatic carbocycles. The topological polar surface area (TPSA) is 63.3 Å². The number of aromatic carboxylic acids is 1. The lowest BCUT2D eigenvalue weighted by atomic mass is 9.81. The fourth-order valence-corrected chi connectivity index (χ4v) is 2.28. The molecular formula is C11H12F3NO3. The van der Waals surface area contributed by atoms with Gasteiger partial charge in [-0.2, -0.15) is 13.2 Å². The van der Waals surface area contributed by atoms with Crippen molar-refractivity contribution in [3.8, 4) is 0 Å². The molecule has 2 atom stereocenters. The highest BCUT2D eigenvalue weighted by Gasteiger charge is 2.43. The van der Waals surface area contributed by atoms with Gasteiger partial charge in [0.05, 0.1) is 5.92 Å². The van der Waals surface area contributed by atoms with Gasteiger partial charge in [0.15, 0.2) is 11.6 Å². The Labute approximate surface area is 101 Å². The molecule has 100 valence electrons. The van der Waals surface area contributed by atoms with E-state index in [0.717, 1.165) is 6.26 Å². The highest BCUT2D eigenvalue weighted by atomic mass is 19.4. The van der Waals surface area contributed by atoms with Crippen LogP contribution >= 0.6 is 0 Å². The van der Waals surface area contributed by atoms with Crippen molar-refractivity contribution in [3.63, 3.8) is 0 Å². The van der Waals surface area contributed by atoms with Crippen LogP contribution in [0.15, 0.2) is 10.7 Å². The van der Waals surface area contributed by atoms with E-state index >= 15 is 0 Å². The van der Waals surface area contributed by atoms with Crippen LogP contribution in [0.25, 0.3) is 0 Å². The summed E-state index contributed by atoms with van der Waals surface area (Å²) < 4.78 is 42.8. The first kappa shape index (κ1) is 12.9. The van der Waals surface area contributed by atoms with Gasteiger partial charge in [-0.3, -0.25) is 0 Å². The summed E-state index contributed by atoms with van der Waals surface area (Å²) in [7, 11) is 0. The number of rotatable bonds is 2. The van der Waals surface area contributed by atoms with Crippen LogP contribution in [0.1, 0.15) is 48.0 Å². The van der Waals surface area contributed by atoms with Crippen molar-refractivity contribution < 1.29 is 27.5 Å². The molecule has 18 heavy (non-hydrogen) atoms. The second-order valence-corrected chi connectivity index (χ2v) is 4.48. The first-order chi connectivity index (χ1) is 8.38. The molecule has 4 nitrogen and oxygen atoms in total. The van der Waals surface area contributed by atoms with E-state index < -0.39 is 24.0 Å². The molecule has 0 spiro atoms. The standard InChI is InChI=1S/C11H12F3NO3/c12-11(13,14)7-3-1-2-6(4-7)9-15-8(5-18-9)10(16)17/h5-7H,1-4H2,(H,16,17). The predicted octanol–water partition coefficient (Wildman–Crippen LogP) is 3.21. The number of alkyl halides is 3. The van der Waals surface area contributed by atoms with E-state index in [1.54, 1.807) is 0 Å². The normalized spacial score (nSPS) is 25.1. The zero-order chi connectivity index (χ0) is 13.3. The van der Waals surface area contributed by atoms with E-state index in [9.17, 15) is 18.0 Å². The van der Waals surface area contributed by atoms with E-state index in [4.69, 9.17) is 9.52 Å². The van der Waals surface area contributed by atoms with Gasteiger partial charge >= 0.3 is 12.1 Å². The van der Waals surface area contributed by atoms with Gasteiger partial charge in [0.1, 0.15) is 6.26 Å². The third-order valence-electron chi connectivity index (χ3n) is 3.23. The van der Waals surface area contributed by atoms with Crippen LogP contribution in [0.4, 0.5) is 13.2 Å². The minimum absolute atomic E-state index is 0.0803. The zero-order valence-corrected chi connectivity index (χ0v) is 9.41. The smallest absolute Gasteiger partial charge is 0.391 e. The monoisotopic (exact) mass is 263 g/mol. The molecule has 0 radical (unpaired) electrons. The van der Waals surface area contributed by atoms with Crippen molar-refractivity contribution in [1.82, 2.24) is 4.98 Å². The van der Waals surface area contributed by atoms with Crippen LogP contribution in [0.5, 0.6) is 0 Å². The van der Waals surface area contributed by atoms with Crippen molar-refractivity contribution >= 4 is 5.97 Å². The molecule has 0 aromatic carbocycles. The lowest BCUT2D eigenvalue weighted by Crippen LogP contribution is -2.28. The number of carboxylic acids is 1. The summed E-state index contributed by atoms with van der Waals surface area (Å²) in [6.07, 6.45) is -2.21. The lowest BCUT2D eigenvalue weighted by Gasteiger charge is -2.28. The molecular weight excluding hydrogens is 251 g/mol. The van der Waals surface area contributed by atoms with E-state index in [1.165, 1.54) is 0 Å². The summed E-state index contributed by atoms with van der Waals surface area (Å²) in [6.45, 7) is 0. The first-order valence-electron chi connectivity index (χ1n) is 5.63. The van der Waals surface area contributed by atoms with E-state index in [0.29, 0.717) is 12.8 Å². The second kappa shape index (κ2) is 4.62. The molecule has 2 rings (SSSR count). The van der Waals surface area contributed by atoms with Crippen LogP contribution in [0, 0.1) is 5.92 Å². The fourth-order valence-electron chi connectivity index (χ4n) is 2.28. The molecule has 2 unspecified atom stereocenters. The molecule has 1 saturated carbocycles.